The Bertz CT molecular complexity index is 1320. The number of carbonyl (C=O) groups excluding carboxylic acids is 2. The molecule has 0 fully saturated rings. The summed E-state index contributed by atoms with van der Waals surface area (Å²) in [4.78, 5) is 31.2. The molecular weight excluding hydrogens is 542 g/mol. The van der Waals surface area contributed by atoms with Crippen molar-refractivity contribution in [2.75, 3.05) is 32.1 Å². The van der Waals surface area contributed by atoms with Gasteiger partial charge in [0.25, 0.3) is 0 Å². The highest BCUT2D eigenvalue weighted by atomic mass is 35.5. The Morgan fingerprint density at radius 2 is 1.95 bits per heavy atom. The summed E-state index contributed by atoms with van der Waals surface area (Å²) >= 11 is 6.03. The number of ether oxygens (including phenoxy) is 1. The number of anilines is 1. The van der Waals surface area contributed by atoms with E-state index in [4.69, 9.17) is 16.3 Å². The number of rotatable bonds is 13. The lowest BCUT2D eigenvalue weighted by Gasteiger charge is -2.28. The monoisotopic (exact) mass is 576 g/mol. The number of likely N-dealkylation sites (N-methyl/N-ethyl adjacent to an activating group) is 1. The zero-order chi connectivity index (χ0) is 29.3. The molecule has 2 aromatic carbocycles. The van der Waals surface area contributed by atoms with Crippen molar-refractivity contribution < 1.29 is 28.2 Å². The van der Waals surface area contributed by atoms with Gasteiger partial charge in [0.2, 0.25) is 5.91 Å². The van der Waals surface area contributed by atoms with Gasteiger partial charge < -0.3 is 20.1 Å². The van der Waals surface area contributed by atoms with E-state index in [2.05, 4.69) is 15.6 Å². The van der Waals surface area contributed by atoms with Crippen LogP contribution in [0.1, 0.15) is 38.7 Å². The summed E-state index contributed by atoms with van der Waals surface area (Å²) < 4.78 is 32.8. The van der Waals surface area contributed by atoms with E-state index in [9.17, 15) is 23.5 Å². The standard InChI is InChI=1S/C29H35ClF2N4O4/c1-29(2,39)18-33-13-5-7-23(36(3)26(37)12-10-19-6-4-8-24(32)27(19)30)17-40-28(38)35-25-15-21-14-22(31)11-9-20(21)16-34-25/h4,6,8-9,11,14-16,23,33,39H,5,7,10,12-13,17-18H2,1-3H3,(H,34,35,38)/t23-/m0/s1. The Balaban J connectivity index is 1.59. The number of halogens is 3. The molecule has 11 heteroatoms. The summed E-state index contributed by atoms with van der Waals surface area (Å²) in [6.07, 6.45) is 2.28. The zero-order valence-corrected chi connectivity index (χ0v) is 23.6. The fourth-order valence-electron chi connectivity index (χ4n) is 4.10. The number of benzene rings is 2. The molecule has 0 saturated carbocycles. The van der Waals surface area contributed by atoms with Crippen molar-refractivity contribution in [3.05, 3.63) is 70.9 Å². The fraction of sp³-hybridized carbons (Fsp3) is 0.414. The van der Waals surface area contributed by atoms with E-state index < -0.39 is 29.4 Å². The number of nitrogens with one attached hydrogen (secondary N) is 2. The van der Waals surface area contributed by atoms with Gasteiger partial charge >= 0.3 is 6.09 Å². The Morgan fingerprint density at radius 3 is 2.70 bits per heavy atom. The van der Waals surface area contributed by atoms with Gasteiger partial charge in [-0.15, -0.1) is 0 Å². The van der Waals surface area contributed by atoms with Crippen LogP contribution in [-0.2, 0) is 16.0 Å². The largest absolute Gasteiger partial charge is 0.447 e. The van der Waals surface area contributed by atoms with Crippen LogP contribution in [0.15, 0.2) is 48.7 Å². The van der Waals surface area contributed by atoms with Gasteiger partial charge in [-0.2, -0.15) is 0 Å². The van der Waals surface area contributed by atoms with Gasteiger partial charge in [-0.1, -0.05) is 23.7 Å². The van der Waals surface area contributed by atoms with Crippen LogP contribution in [0.4, 0.5) is 19.4 Å². The third-order valence-electron chi connectivity index (χ3n) is 6.35. The number of nitrogens with zero attached hydrogens (tertiary/aromatic N) is 2. The maximum absolute atomic E-state index is 13.8. The van der Waals surface area contributed by atoms with Gasteiger partial charge in [0.1, 0.15) is 24.1 Å². The smallest absolute Gasteiger partial charge is 0.412 e. The van der Waals surface area contributed by atoms with E-state index in [1.54, 1.807) is 45.2 Å². The van der Waals surface area contributed by atoms with Gasteiger partial charge in [0.05, 0.1) is 16.7 Å². The van der Waals surface area contributed by atoms with Gasteiger partial charge in [0, 0.05) is 31.6 Å². The van der Waals surface area contributed by atoms with Crippen LogP contribution in [0.2, 0.25) is 5.02 Å². The average molecular weight is 577 g/mol. The molecule has 0 aliphatic carbocycles. The first-order valence-electron chi connectivity index (χ1n) is 13.0. The summed E-state index contributed by atoms with van der Waals surface area (Å²) in [5.41, 5.74) is -0.317. The highest BCUT2D eigenvalue weighted by molar-refractivity contribution is 6.31. The highest BCUT2D eigenvalue weighted by Crippen LogP contribution is 2.22. The van der Waals surface area contributed by atoms with Crippen molar-refractivity contribution in [1.29, 1.82) is 0 Å². The van der Waals surface area contributed by atoms with Crippen LogP contribution in [0.3, 0.4) is 0 Å². The van der Waals surface area contributed by atoms with E-state index in [-0.39, 0.29) is 36.2 Å². The minimum atomic E-state index is -0.853. The van der Waals surface area contributed by atoms with E-state index in [1.165, 1.54) is 29.3 Å². The van der Waals surface area contributed by atoms with Crippen molar-refractivity contribution in [3.8, 4) is 0 Å². The third-order valence-corrected chi connectivity index (χ3v) is 6.77. The lowest BCUT2D eigenvalue weighted by atomic mass is 10.1. The molecule has 1 atom stereocenters. The molecule has 0 radical (unpaired) electrons. The predicted octanol–water partition coefficient (Wildman–Crippen LogP) is 5.32. The first-order valence-corrected chi connectivity index (χ1v) is 13.4. The first-order chi connectivity index (χ1) is 18.9. The summed E-state index contributed by atoms with van der Waals surface area (Å²) in [6, 6.07) is 9.84. The predicted molar refractivity (Wildman–Crippen MR) is 151 cm³/mol. The van der Waals surface area contributed by atoms with Crippen LogP contribution < -0.4 is 10.6 Å². The SMILES string of the molecule is CN(C(=O)CCc1cccc(F)c1Cl)[C@@H](CCCNCC(C)(C)O)COC(=O)Nc1cc2cc(F)ccc2cn1. The van der Waals surface area contributed by atoms with E-state index in [0.717, 1.165) is 5.39 Å². The first kappa shape index (κ1) is 31.2. The van der Waals surface area contributed by atoms with Gasteiger partial charge in [-0.3, -0.25) is 10.1 Å². The Labute approximate surface area is 237 Å². The van der Waals surface area contributed by atoms with E-state index in [0.29, 0.717) is 36.9 Å². The second kappa shape index (κ2) is 14.3. The van der Waals surface area contributed by atoms with Crippen LogP contribution in [0, 0.1) is 11.6 Å². The summed E-state index contributed by atoms with van der Waals surface area (Å²) in [7, 11) is 1.63. The molecule has 8 nitrogen and oxygen atoms in total. The Kier molecular flexibility index (Phi) is 11.2. The Hall–Kier alpha value is -3.34. The molecule has 40 heavy (non-hydrogen) atoms. The number of aliphatic hydroxyl groups is 1. The fourth-order valence-corrected chi connectivity index (χ4v) is 4.32. The molecule has 216 valence electrons. The number of carbonyl (C=O) groups is 2. The van der Waals surface area contributed by atoms with Gasteiger partial charge in [-0.05, 0) is 80.9 Å². The normalized spacial score (nSPS) is 12.3. The molecule has 3 aromatic rings. The number of pyridine rings is 1. The van der Waals surface area contributed by atoms with Crippen LogP contribution >= 0.6 is 11.6 Å². The number of amides is 2. The molecule has 0 aliphatic heterocycles. The number of aryl methyl sites for hydroxylation is 1. The minimum absolute atomic E-state index is 0.00238. The second-order valence-corrected chi connectivity index (χ2v) is 10.7. The van der Waals surface area contributed by atoms with Crippen LogP contribution in [-0.4, -0.2) is 65.4 Å². The van der Waals surface area contributed by atoms with Crippen molar-refractivity contribution in [3.63, 3.8) is 0 Å². The molecule has 0 aliphatic rings. The minimum Gasteiger partial charge on any atom is -0.447 e. The third kappa shape index (κ3) is 9.69. The van der Waals surface area contributed by atoms with Gasteiger partial charge in [0.15, 0.2) is 0 Å². The van der Waals surface area contributed by atoms with Crippen molar-refractivity contribution in [1.82, 2.24) is 15.2 Å². The van der Waals surface area contributed by atoms with Crippen molar-refractivity contribution >= 4 is 40.2 Å². The number of hydrogen-bond acceptors (Lipinski definition) is 6. The van der Waals surface area contributed by atoms with Crippen molar-refractivity contribution in [2.45, 2.75) is 51.2 Å². The lowest BCUT2D eigenvalue weighted by molar-refractivity contribution is -0.132. The Morgan fingerprint density at radius 1 is 1.18 bits per heavy atom. The molecule has 1 aromatic heterocycles. The van der Waals surface area contributed by atoms with Crippen molar-refractivity contribution in [2.24, 2.45) is 0 Å². The molecular formula is C29H35ClF2N4O4. The molecule has 0 saturated heterocycles. The summed E-state index contributed by atoms with van der Waals surface area (Å²) in [6.45, 7) is 4.32. The molecule has 1 heterocycles. The number of aromatic nitrogens is 1. The summed E-state index contributed by atoms with van der Waals surface area (Å²) in [5.74, 6) is -0.954. The molecule has 0 unspecified atom stereocenters. The molecule has 0 spiro atoms. The number of hydrogen-bond donors (Lipinski definition) is 3. The lowest BCUT2D eigenvalue weighted by Crippen LogP contribution is -2.42. The quantitative estimate of drug-likeness (QED) is 0.238. The topological polar surface area (TPSA) is 104 Å². The highest BCUT2D eigenvalue weighted by Gasteiger charge is 2.22. The molecule has 0 bridgehead atoms. The maximum Gasteiger partial charge on any atom is 0.412 e. The van der Waals surface area contributed by atoms with E-state index >= 15 is 0 Å². The van der Waals surface area contributed by atoms with Gasteiger partial charge in [-0.25, -0.2) is 18.6 Å². The zero-order valence-electron chi connectivity index (χ0n) is 22.8. The van der Waals surface area contributed by atoms with E-state index in [1.807, 2.05) is 0 Å². The van der Waals surface area contributed by atoms with Crippen LogP contribution in [0.25, 0.3) is 10.8 Å². The maximum atomic E-state index is 13.8. The van der Waals surface area contributed by atoms with Crippen LogP contribution in [0.5, 0.6) is 0 Å². The average Bonchev–Trinajstić information content (AvgIpc) is 2.89. The number of fused-ring (bicyclic) bond motifs is 1. The molecule has 3 N–H and O–H groups in total. The second-order valence-electron chi connectivity index (χ2n) is 10.3. The molecule has 2 amide bonds. The molecule has 3 rings (SSSR count). The summed E-state index contributed by atoms with van der Waals surface area (Å²) in [5, 5.41) is 16.9.